The van der Waals surface area contributed by atoms with Gasteiger partial charge in [0.15, 0.2) is 0 Å². The normalized spacial score (nSPS) is 13.1. The van der Waals surface area contributed by atoms with Crippen molar-refractivity contribution in [2.75, 3.05) is 20.3 Å². The van der Waals surface area contributed by atoms with Crippen LogP contribution in [-0.4, -0.2) is 30.0 Å². The maximum absolute atomic E-state index is 5.41. The van der Waals surface area contributed by atoms with E-state index in [0.717, 1.165) is 12.3 Å². The number of hydrogen-bond donors (Lipinski definition) is 1. The molecule has 1 rings (SSSR count). The Morgan fingerprint density at radius 3 is 2.79 bits per heavy atom. The molecule has 4 heteroatoms. The molecular formula is C10H19N3O. The van der Waals surface area contributed by atoms with E-state index in [2.05, 4.69) is 10.4 Å². The van der Waals surface area contributed by atoms with Gasteiger partial charge in [0.2, 0.25) is 0 Å². The lowest BCUT2D eigenvalue weighted by molar-refractivity contribution is 0.125. The predicted octanol–water partition coefficient (Wildman–Crippen LogP) is 1.03. The van der Waals surface area contributed by atoms with Crippen LogP contribution in [0.3, 0.4) is 0 Å². The molecule has 4 nitrogen and oxygen atoms in total. The van der Waals surface area contributed by atoms with Gasteiger partial charge in [-0.3, -0.25) is 4.68 Å². The number of hydrogen-bond acceptors (Lipinski definition) is 3. The van der Waals surface area contributed by atoms with E-state index in [1.165, 1.54) is 5.56 Å². The lowest BCUT2D eigenvalue weighted by Crippen LogP contribution is -2.22. The summed E-state index contributed by atoms with van der Waals surface area (Å²) >= 11 is 0. The van der Waals surface area contributed by atoms with Crippen molar-refractivity contribution < 1.29 is 4.74 Å². The zero-order valence-electron chi connectivity index (χ0n) is 9.37. The topological polar surface area (TPSA) is 39.1 Å². The molecule has 0 saturated heterocycles. The van der Waals surface area contributed by atoms with E-state index in [4.69, 9.17) is 4.74 Å². The number of nitrogens with zero attached hydrogens (tertiary/aromatic N) is 2. The monoisotopic (exact) mass is 197 g/mol. The van der Waals surface area contributed by atoms with Crippen molar-refractivity contribution in [3.63, 3.8) is 0 Å². The third-order valence-corrected chi connectivity index (χ3v) is 2.26. The highest BCUT2D eigenvalue weighted by molar-refractivity contribution is 5.19. The maximum atomic E-state index is 5.41. The van der Waals surface area contributed by atoms with Crippen molar-refractivity contribution in [2.24, 2.45) is 7.05 Å². The Kier molecular flexibility index (Phi) is 4.10. The van der Waals surface area contributed by atoms with Gasteiger partial charge in [0.25, 0.3) is 0 Å². The van der Waals surface area contributed by atoms with Crippen LogP contribution < -0.4 is 5.32 Å². The molecule has 0 aromatic carbocycles. The van der Waals surface area contributed by atoms with Crippen LogP contribution in [0.25, 0.3) is 0 Å². The van der Waals surface area contributed by atoms with Gasteiger partial charge >= 0.3 is 0 Å². The Balaban J connectivity index is 2.72. The molecule has 0 fully saturated rings. The first-order valence-corrected chi connectivity index (χ1v) is 4.94. The van der Waals surface area contributed by atoms with Crippen LogP contribution >= 0.6 is 0 Å². The zero-order valence-corrected chi connectivity index (χ0v) is 9.37. The molecule has 0 radical (unpaired) electrons. The standard InChI is InChI=1S/C10H19N3O/c1-5-14-7-10(11-3)9-6-13(4)12-8(9)2/h6,10-11H,5,7H2,1-4H3. The van der Waals surface area contributed by atoms with Gasteiger partial charge in [-0.15, -0.1) is 0 Å². The zero-order chi connectivity index (χ0) is 10.6. The van der Waals surface area contributed by atoms with E-state index in [-0.39, 0.29) is 6.04 Å². The van der Waals surface area contributed by atoms with Gasteiger partial charge in [0.05, 0.1) is 18.3 Å². The lowest BCUT2D eigenvalue weighted by Gasteiger charge is -2.14. The molecule has 0 spiro atoms. The summed E-state index contributed by atoms with van der Waals surface area (Å²) in [6.07, 6.45) is 2.04. The fourth-order valence-corrected chi connectivity index (χ4v) is 1.52. The van der Waals surface area contributed by atoms with Crippen molar-refractivity contribution >= 4 is 0 Å². The number of nitrogens with one attached hydrogen (secondary N) is 1. The van der Waals surface area contributed by atoms with Crippen molar-refractivity contribution in [1.29, 1.82) is 0 Å². The first-order chi connectivity index (χ1) is 6.69. The molecule has 14 heavy (non-hydrogen) atoms. The van der Waals surface area contributed by atoms with Gasteiger partial charge in [0, 0.05) is 25.4 Å². The van der Waals surface area contributed by atoms with Gasteiger partial charge < -0.3 is 10.1 Å². The number of aryl methyl sites for hydroxylation is 2. The summed E-state index contributed by atoms with van der Waals surface area (Å²) in [4.78, 5) is 0. The third-order valence-electron chi connectivity index (χ3n) is 2.26. The average molecular weight is 197 g/mol. The smallest absolute Gasteiger partial charge is 0.0662 e. The molecule has 1 unspecified atom stereocenters. The summed E-state index contributed by atoms with van der Waals surface area (Å²) in [5, 5.41) is 7.54. The minimum absolute atomic E-state index is 0.239. The summed E-state index contributed by atoms with van der Waals surface area (Å²) in [5.74, 6) is 0. The molecule has 1 aromatic heterocycles. The van der Waals surface area contributed by atoms with Gasteiger partial charge in [-0.05, 0) is 20.9 Å². The summed E-state index contributed by atoms with van der Waals surface area (Å²) in [6, 6.07) is 0.239. The minimum Gasteiger partial charge on any atom is -0.380 e. The van der Waals surface area contributed by atoms with Crippen molar-refractivity contribution in [3.05, 3.63) is 17.5 Å². The molecule has 0 aliphatic rings. The van der Waals surface area contributed by atoms with Crippen LogP contribution in [0.5, 0.6) is 0 Å². The molecule has 0 bridgehead atoms. The van der Waals surface area contributed by atoms with Gasteiger partial charge in [-0.25, -0.2) is 0 Å². The molecule has 0 saturated carbocycles. The van der Waals surface area contributed by atoms with Crippen molar-refractivity contribution in [1.82, 2.24) is 15.1 Å². The Labute approximate surface area is 85.3 Å². The first-order valence-electron chi connectivity index (χ1n) is 4.94. The SMILES string of the molecule is CCOCC(NC)c1cn(C)nc1C. The maximum Gasteiger partial charge on any atom is 0.0662 e. The molecule has 1 aromatic rings. The van der Waals surface area contributed by atoms with Crippen LogP contribution in [0.15, 0.2) is 6.20 Å². The summed E-state index contributed by atoms with van der Waals surface area (Å²) < 4.78 is 7.24. The van der Waals surface area contributed by atoms with E-state index >= 15 is 0 Å². The quantitative estimate of drug-likeness (QED) is 0.766. The Morgan fingerprint density at radius 1 is 1.64 bits per heavy atom. The summed E-state index contributed by atoms with van der Waals surface area (Å²) in [5.41, 5.74) is 2.27. The fourth-order valence-electron chi connectivity index (χ4n) is 1.52. The van der Waals surface area contributed by atoms with Crippen LogP contribution in [0.2, 0.25) is 0 Å². The van der Waals surface area contributed by atoms with Crippen LogP contribution in [0, 0.1) is 6.92 Å². The number of likely N-dealkylation sites (N-methyl/N-ethyl adjacent to an activating group) is 1. The van der Waals surface area contributed by atoms with Crippen molar-refractivity contribution in [2.45, 2.75) is 19.9 Å². The Hall–Kier alpha value is -0.870. The Morgan fingerprint density at radius 2 is 2.36 bits per heavy atom. The number of rotatable bonds is 5. The molecule has 1 heterocycles. The van der Waals surface area contributed by atoms with Crippen LogP contribution in [0.4, 0.5) is 0 Å². The number of aromatic nitrogens is 2. The summed E-state index contributed by atoms with van der Waals surface area (Å²) in [7, 11) is 3.88. The second-order valence-electron chi connectivity index (χ2n) is 3.34. The molecule has 0 aliphatic heterocycles. The van der Waals surface area contributed by atoms with Crippen LogP contribution in [0.1, 0.15) is 24.2 Å². The van der Waals surface area contributed by atoms with E-state index in [9.17, 15) is 0 Å². The predicted molar refractivity (Wildman–Crippen MR) is 56.2 cm³/mol. The second-order valence-corrected chi connectivity index (χ2v) is 3.34. The minimum atomic E-state index is 0.239. The molecule has 80 valence electrons. The van der Waals surface area contributed by atoms with Crippen molar-refractivity contribution in [3.8, 4) is 0 Å². The summed E-state index contributed by atoms with van der Waals surface area (Å²) in [6.45, 7) is 5.46. The van der Waals surface area contributed by atoms with E-state index < -0.39 is 0 Å². The highest BCUT2D eigenvalue weighted by Gasteiger charge is 2.14. The van der Waals surface area contributed by atoms with Gasteiger partial charge in [0.1, 0.15) is 0 Å². The lowest BCUT2D eigenvalue weighted by atomic mass is 10.1. The third kappa shape index (κ3) is 2.56. The van der Waals surface area contributed by atoms with E-state index in [0.29, 0.717) is 6.61 Å². The van der Waals surface area contributed by atoms with Gasteiger partial charge in [-0.2, -0.15) is 5.10 Å². The fraction of sp³-hybridized carbons (Fsp3) is 0.700. The highest BCUT2D eigenvalue weighted by Crippen LogP contribution is 2.15. The Bertz CT molecular complexity index is 283. The molecular weight excluding hydrogens is 178 g/mol. The highest BCUT2D eigenvalue weighted by atomic mass is 16.5. The van der Waals surface area contributed by atoms with E-state index in [1.54, 1.807) is 0 Å². The largest absolute Gasteiger partial charge is 0.380 e. The molecule has 0 aliphatic carbocycles. The van der Waals surface area contributed by atoms with Gasteiger partial charge in [-0.1, -0.05) is 0 Å². The first kappa shape index (κ1) is 11.2. The average Bonchev–Trinajstić information content (AvgIpc) is 2.47. The van der Waals surface area contributed by atoms with Crippen LogP contribution in [-0.2, 0) is 11.8 Å². The molecule has 0 amide bonds. The molecule has 1 N–H and O–H groups in total. The van der Waals surface area contributed by atoms with E-state index in [1.807, 2.05) is 38.8 Å². The second kappa shape index (κ2) is 5.12. The number of ether oxygens (including phenoxy) is 1. The molecule has 1 atom stereocenters.